The van der Waals surface area contributed by atoms with Crippen LogP contribution >= 0.6 is 0 Å². The summed E-state index contributed by atoms with van der Waals surface area (Å²) >= 11 is 0. The lowest BCUT2D eigenvalue weighted by molar-refractivity contribution is -0.288. The smallest absolute Gasteiger partial charge is 0.184 e. The van der Waals surface area contributed by atoms with Gasteiger partial charge in [0.15, 0.2) is 12.4 Å². The summed E-state index contributed by atoms with van der Waals surface area (Å²) in [4.78, 5) is 0. The van der Waals surface area contributed by atoms with E-state index in [-0.39, 0.29) is 54.9 Å². The molecule has 5 aliphatic rings. The molecule has 0 radical (unpaired) electrons. The first-order valence-electron chi connectivity index (χ1n) is 17.4. The van der Waals surface area contributed by atoms with Gasteiger partial charge >= 0.3 is 0 Å². The third-order valence-corrected chi connectivity index (χ3v) is 10.1. The van der Waals surface area contributed by atoms with E-state index in [1.807, 2.05) is 72.8 Å². The maximum atomic E-state index is 6.89. The number of rotatable bonds is 7. The van der Waals surface area contributed by atoms with Crippen molar-refractivity contribution in [1.29, 1.82) is 0 Å². The van der Waals surface area contributed by atoms with Crippen molar-refractivity contribution in [2.75, 3.05) is 13.2 Å². The van der Waals surface area contributed by atoms with Crippen LogP contribution in [0.5, 0.6) is 5.75 Å². The Balaban J connectivity index is 1.00. The molecule has 0 aromatic heterocycles. The lowest BCUT2D eigenvalue weighted by Crippen LogP contribution is -2.65. The van der Waals surface area contributed by atoms with Crippen LogP contribution in [0.3, 0.4) is 0 Å². The first-order chi connectivity index (χ1) is 24.2. The fraction of sp³-hybridized carbons (Fsp3) is 0.415. The van der Waals surface area contributed by atoms with Gasteiger partial charge in [-0.05, 0) is 24.3 Å². The van der Waals surface area contributed by atoms with Crippen molar-refractivity contribution >= 4 is 10.8 Å². The molecule has 256 valence electrons. The molecule has 8 heteroatoms. The van der Waals surface area contributed by atoms with Gasteiger partial charge in [0.1, 0.15) is 42.4 Å². The van der Waals surface area contributed by atoms with Crippen LogP contribution in [-0.4, -0.2) is 80.4 Å². The van der Waals surface area contributed by atoms with Gasteiger partial charge in [0.05, 0.1) is 37.6 Å². The summed E-state index contributed by atoms with van der Waals surface area (Å²) in [6.45, 7) is 9.14. The molecule has 3 aromatic rings. The minimum absolute atomic E-state index is 0.180. The zero-order chi connectivity index (χ0) is 33.2. The number of benzene rings is 3. The predicted molar refractivity (Wildman–Crippen MR) is 185 cm³/mol. The maximum Gasteiger partial charge on any atom is 0.184 e. The summed E-state index contributed by atoms with van der Waals surface area (Å²) in [6.07, 6.45) is 9.99. The van der Waals surface area contributed by atoms with Crippen LogP contribution < -0.4 is 4.74 Å². The third-order valence-electron chi connectivity index (χ3n) is 10.1. The molecule has 5 aliphatic heterocycles. The minimum Gasteiger partial charge on any atom is -0.484 e. The van der Waals surface area contributed by atoms with E-state index in [1.54, 1.807) is 0 Å². The van der Waals surface area contributed by atoms with Gasteiger partial charge in [0, 0.05) is 17.4 Å². The molecule has 3 aromatic carbocycles. The highest BCUT2D eigenvalue weighted by atomic mass is 16.7. The van der Waals surface area contributed by atoms with Crippen LogP contribution in [0.15, 0.2) is 122 Å². The van der Waals surface area contributed by atoms with E-state index in [0.717, 1.165) is 28.5 Å². The molecular formula is C41H44O8. The van der Waals surface area contributed by atoms with Crippen LogP contribution in [0.25, 0.3) is 10.8 Å². The highest BCUT2D eigenvalue weighted by Crippen LogP contribution is 2.40. The van der Waals surface area contributed by atoms with Gasteiger partial charge in [-0.1, -0.05) is 103 Å². The van der Waals surface area contributed by atoms with Crippen LogP contribution in [0.1, 0.15) is 31.1 Å². The van der Waals surface area contributed by atoms with Crippen molar-refractivity contribution < 1.29 is 37.9 Å². The fourth-order valence-corrected chi connectivity index (χ4v) is 7.71. The quantitative estimate of drug-likeness (QED) is 0.255. The topological polar surface area (TPSA) is 73.8 Å². The van der Waals surface area contributed by atoms with Crippen LogP contribution in [0.2, 0.25) is 0 Å². The summed E-state index contributed by atoms with van der Waals surface area (Å²) in [5.74, 6) is 0.803. The van der Waals surface area contributed by atoms with Crippen molar-refractivity contribution in [3.63, 3.8) is 0 Å². The molecule has 5 heterocycles. The summed E-state index contributed by atoms with van der Waals surface area (Å²) < 4.78 is 52.7. The molecule has 0 amide bonds. The normalized spacial score (nSPS) is 38.0. The van der Waals surface area contributed by atoms with Crippen LogP contribution in [0, 0.1) is 0 Å². The lowest BCUT2D eigenvalue weighted by Gasteiger charge is -2.51. The molecule has 0 aliphatic carbocycles. The van der Waals surface area contributed by atoms with E-state index in [0.29, 0.717) is 26.1 Å². The van der Waals surface area contributed by atoms with Crippen molar-refractivity contribution in [2.45, 2.75) is 92.7 Å². The van der Waals surface area contributed by atoms with E-state index in [2.05, 4.69) is 49.6 Å². The highest BCUT2D eigenvalue weighted by molar-refractivity contribution is 5.88. The van der Waals surface area contributed by atoms with Gasteiger partial charge in [-0.25, -0.2) is 0 Å². The van der Waals surface area contributed by atoms with Gasteiger partial charge < -0.3 is 37.9 Å². The van der Waals surface area contributed by atoms with Gasteiger partial charge in [-0.15, -0.1) is 13.2 Å². The highest BCUT2D eigenvalue weighted by Gasteiger charge is 2.53. The SMILES string of the molecule is C=C[C@@H]1O[C@@H]2CO[C@@H](c3ccccc3)O[C@H]2/C=C\C[C@H]1O[C@H]1C[C@H]2O[C@H]3CC=CCO[C@@H]3[C@@H](Oc3cccc4ccccc34)[C@@H]2O[C@@H]1C=C. The molecule has 49 heavy (non-hydrogen) atoms. The average Bonchev–Trinajstić information content (AvgIpc) is 3.38. The molecule has 0 bridgehead atoms. The first-order valence-corrected chi connectivity index (χ1v) is 17.4. The van der Waals surface area contributed by atoms with Crippen LogP contribution in [-0.2, 0) is 33.2 Å². The van der Waals surface area contributed by atoms with Crippen molar-refractivity contribution in [3.05, 3.63) is 128 Å². The van der Waals surface area contributed by atoms with E-state index in [9.17, 15) is 0 Å². The van der Waals surface area contributed by atoms with E-state index in [4.69, 9.17) is 37.9 Å². The summed E-state index contributed by atoms with van der Waals surface area (Å²) in [5, 5.41) is 2.17. The van der Waals surface area contributed by atoms with Gasteiger partial charge in [-0.3, -0.25) is 0 Å². The second-order valence-electron chi connectivity index (χ2n) is 13.2. The van der Waals surface area contributed by atoms with Gasteiger partial charge in [-0.2, -0.15) is 0 Å². The first kappa shape index (κ1) is 32.6. The average molecular weight is 665 g/mol. The zero-order valence-corrected chi connectivity index (χ0v) is 27.5. The van der Waals surface area contributed by atoms with Crippen LogP contribution in [0.4, 0.5) is 0 Å². The Labute approximate surface area is 287 Å². The Morgan fingerprint density at radius 1 is 0.673 bits per heavy atom. The summed E-state index contributed by atoms with van der Waals surface area (Å²) in [5.41, 5.74) is 0.983. The molecule has 0 spiro atoms. The molecule has 8 nitrogen and oxygen atoms in total. The Morgan fingerprint density at radius 2 is 1.49 bits per heavy atom. The number of hydrogen-bond acceptors (Lipinski definition) is 8. The minimum atomic E-state index is -0.442. The van der Waals surface area contributed by atoms with Gasteiger partial charge in [0.2, 0.25) is 0 Å². The molecule has 0 saturated carbocycles. The second-order valence-corrected chi connectivity index (χ2v) is 13.2. The molecule has 0 unspecified atom stereocenters. The van der Waals surface area contributed by atoms with Crippen molar-refractivity contribution in [3.8, 4) is 5.75 Å². The van der Waals surface area contributed by atoms with E-state index in [1.165, 1.54) is 0 Å². The van der Waals surface area contributed by atoms with Gasteiger partial charge in [0.25, 0.3) is 0 Å². The summed E-state index contributed by atoms with van der Waals surface area (Å²) in [7, 11) is 0. The second kappa shape index (κ2) is 14.7. The number of hydrogen-bond donors (Lipinski definition) is 0. The van der Waals surface area contributed by atoms with E-state index >= 15 is 0 Å². The van der Waals surface area contributed by atoms with E-state index < -0.39 is 18.5 Å². The zero-order valence-electron chi connectivity index (χ0n) is 27.5. The Bertz CT molecular complexity index is 1650. The third kappa shape index (κ3) is 6.79. The molecule has 3 saturated heterocycles. The Hall–Kier alpha value is -3.60. The number of ether oxygens (including phenoxy) is 8. The van der Waals surface area contributed by atoms with Crippen molar-refractivity contribution in [1.82, 2.24) is 0 Å². The number of fused-ring (bicyclic) bond motifs is 4. The fourth-order valence-electron chi connectivity index (χ4n) is 7.71. The molecule has 12 atom stereocenters. The lowest BCUT2D eigenvalue weighted by atomic mass is 9.86. The Morgan fingerprint density at radius 3 is 2.37 bits per heavy atom. The molecule has 8 rings (SSSR count). The Kier molecular flexibility index (Phi) is 9.79. The monoisotopic (exact) mass is 664 g/mol. The van der Waals surface area contributed by atoms with Crippen molar-refractivity contribution in [2.24, 2.45) is 0 Å². The predicted octanol–water partition coefficient (Wildman–Crippen LogP) is 6.81. The standard InChI is InChI=1S/C41H44O8/c1-3-29-32(21-13-22-33-37(44-29)25-43-41(49-33)27-15-6-5-7-16-27)45-35-24-36-39(47-30(35)4-2)40(38-34(46-36)19-10-11-23-42-38)48-31-20-12-17-26-14-8-9-18-28(26)31/h3-18,20,22,29-30,32-41H,1-2,19,21,23-25H2/b22-13-/t29-,30+,32+,33-,34-,35-,36+,37+,38-,39+,40+,41+/m0/s1. The maximum absolute atomic E-state index is 6.89. The summed E-state index contributed by atoms with van der Waals surface area (Å²) in [6, 6.07) is 24.4. The molecule has 0 N–H and O–H groups in total. The molecular weight excluding hydrogens is 620 g/mol. The largest absolute Gasteiger partial charge is 0.484 e. The molecule has 3 fully saturated rings.